The van der Waals surface area contributed by atoms with Crippen LogP contribution in [0.4, 0.5) is 0 Å². The van der Waals surface area contributed by atoms with Crippen LogP contribution in [0.5, 0.6) is 0 Å². The zero-order valence-electron chi connectivity index (χ0n) is 8.39. The van der Waals surface area contributed by atoms with Crippen LogP contribution in [0.3, 0.4) is 0 Å². The molecule has 0 radical (unpaired) electrons. The monoisotopic (exact) mass is 224 g/mol. The molecule has 0 aliphatic carbocycles. The number of methoxy groups -OCH3 is 1. The van der Waals surface area contributed by atoms with Crippen LogP contribution in [0.25, 0.3) is 0 Å². The number of ether oxygens (including phenoxy) is 1. The van der Waals surface area contributed by atoms with Crippen molar-refractivity contribution in [2.45, 2.75) is 37.9 Å². The molecule has 0 aliphatic heterocycles. The van der Waals surface area contributed by atoms with Gasteiger partial charge in [0.1, 0.15) is 0 Å². The van der Waals surface area contributed by atoms with Gasteiger partial charge in [-0.05, 0) is 6.42 Å². The minimum atomic E-state index is -4.14. The van der Waals surface area contributed by atoms with Crippen LogP contribution in [-0.2, 0) is 19.6 Å². The Bertz CT molecular complexity index is 269. The third-order valence-corrected chi connectivity index (χ3v) is 3.17. The maximum atomic E-state index is 10.8. The van der Waals surface area contributed by atoms with E-state index in [1.54, 1.807) is 0 Å². The predicted molar refractivity (Wildman–Crippen MR) is 51.5 cm³/mol. The summed E-state index contributed by atoms with van der Waals surface area (Å²) in [7, 11) is -2.96. The van der Waals surface area contributed by atoms with E-state index in [0.29, 0.717) is 6.42 Å². The Morgan fingerprint density at radius 1 is 1.50 bits per heavy atom. The zero-order chi connectivity index (χ0) is 11.2. The maximum Gasteiger partial charge on any atom is 0.306 e. The standard InChI is InChI=1S/C8H16O5S/c1-3-4-5-7(14(10,11)12)6-8(9)13-2/h7H,3-6H2,1-2H3,(H,10,11,12). The summed E-state index contributed by atoms with van der Waals surface area (Å²) in [6.07, 6.45) is 1.47. The summed E-state index contributed by atoms with van der Waals surface area (Å²) in [5.41, 5.74) is 0. The predicted octanol–water partition coefficient (Wildman–Crippen LogP) is 0.996. The first-order valence-electron chi connectivity index (χ1n) is 4.45. The highest BCUT2D eigenvalue weighted by molar-refractivity contribution is 7.86. The van der Waals surface area contributed by atoms with Gasteiger partial charge < -0.3 is 4.74 Å². The number of carbonyl (C=O) groups is 1. The van der Waals surface area contributed by atoms with Gasteiger partial charge in [-0.2, -0.15) is 8.42 Å². The van der Waals surface area contributed by atoms with Crippen molar-refractivity contribution in [1.29, 1.82) is 0 Å². The molecule has 0 aliphatic rings. The van der Waals surface area contributed by atoms with Gasteiger partial charge in [0.2, 0.25) is 0 Å². The van der Waals surface area contributed by atoms with Gasteiger partial charge in [0.15, 0.2) is 0 Å². The Labute approximate surface area is 84.2 Å². The molecule has 0 saturated carbocycles. The van der Waals surface area contributed by atoms with Gasteiger partial charge in [0.25, 0.3) is 10.1 Å². The fraction of sp³-hybridized carbons (Fsp3) is 0.875. The molecule has 6 heteroatoms. The second kappa shape index (κ2) is 5.98. The highest BCUT2D eigenvalue weighted by Crippen LogP contribution is 2.13. The highest BCUT2D eigenvalue weighted by atomic mass is 32.2. The second-order valence-corrected chi connectivity index (χ2v) is 4.76. The van der Waals surface area contributed by atoms with E-state index in [0.717, 1.165) is 6.42 Å². The van der Waals surface area contributed by atoms with E-state index in [9.17, 15) is 13.2 Å². The van der Waals surface area contributed by atoms with Crippen LogP contribution in [0.15, 0.2) is 0 Å². The van der Waals surface area contributed by atoms with Gasteiger partial charge in [0, 0.05) is 0 Å². The van der Waals surface area contributed by atoms with Crippen LogP contribution >= 0.6 is 0 Å². The van der Waals surface area contributed by atoms with Gasteiger partial charge in [-0.25, -0.2) is 0 Å². The van der Waals surface area contributed by atoms with Crippen LogP contribution in [0.2, 0.25) is 0 Å². The van der Waals surface area contributed by atoms with E-state index >= 15 is 0 Å². The largest absolute Gasteiger partial charge is 0.469 e. The van der Waals surface area contributed by atoms with Crippen LogP contribution < -0.4 is 0 Å². The normalized spacial score (nSPS) is 13.6. The van der Waals surface area contributed by atoms with Crippen molar-refractivity contribution in [2.75, 3.05) is 7.11 Å². The lowest BCUT2D eigenvalue weighted by molar-refractivity contribution is -0.140. The van der Waals surface area contributed by atoms with Gasteiger partial charge in [0.05, 0.1) is 18.8 Å². The molecule has 1 N–H and O–H groups in total. The zero-order valence-corrected chi connectivity index (χ0v) is 9.21. The Kier molecular flexibility index (Phi) is 5.71. The Hall–Kier alpha value is -0.620. The fourth-order valence-corrected chi connectivity index (χ4v) is 1.87. The topological polar surface area (TPSA) is 80.7 Å². The number of hydrogen-bond donors (Lipinski definition) is 1. The molecule has 0 bridgehead atoms. The summed E-state index contributed by atoms with van der Waals surface area (Å²) in [4.78, 5) is 10.8. The molecule has 0 amide bonds. The van der Waals surface area contributed by atoms with E-state index in [2.05, 4.69) is 4.74 Å². The third-order valence-electron chi connectivity index (χ3n) is 1.92. The van der Waals surface area contributed by atoms with Crippen LogP contribution in [0, 0.1) is 0 Å². The van der Waals surface area contributed by atoms with Crippen molar-refractivity contribution in [3.05, 3.63) is 0 Å². The van der Waals surface area contributed by atoms with Crippen molar-refractivity contribution in [2.24, 2.45) is 0 Å². The van der Waals surface area contributed by atoms with Gasteiger partial charge in [-0.1, -0.05) is 19.8 Å². The molecular weight excluding hydrogens is 208 g/mol. The van der Waals surface area contributed by atoms with E-state index < -0.39 is 21.3 Å². The maximum absolute atomic E-state index is 10.8. The van der Waals surface area contributed by atoms with E-state index in [-0.39, 0.29) is 12.8 Å². The average molecular weight is 224 g/mol. The first-order valence-corrected chi connectivity index (χ1v) is 5.95. The molecule has 0 heterocycles. The van der Waals surface area contributed by atoms with E-state index in [4.69, 9.17) is 4.55 Å². The summed E-state index contributed by atoms with van der Waals surface area (Å²) in [6.45, 7) is 1.90. The van der Waals surface area contributed by atoms with Crippen molar-refractivity contribution < 1.29 is 22.5 Å². The molecule has 0 saturated heterocycles. The summed E-state index contributed by atoms with van der Waals surface area (Å²) in [6, 6.07) is 0. The van der Waals surface area contributed by atoms with E-state index in [1.165, 1.54) is 7.11 Å². The van der Waals surface area contributed by atoms with E-state index in [1.807, 2.05) is 6.92 Å². The number of carbonyl (C=O) groups excluding carboxylic acids is 1. The molecule has 5 nitrogen and oxygen atoms in total. The number of rotatable bonds is 6. The van der Waals surface area contributed by atoms with Gasteiger partial charge in [-0.15, -0.1) is 0 Å². The molecule has 14 heavy (non-hydrogen) atoms. The number of hydrogen-bond acceptors (Lipinski definition) is 4. The molecule has 1 atom stereocenters. The Morgan fingerprint density at radius 2 is 2.07 bits per heavy atom. The lowest BCUT2D eigenvalue weighted by atomic mass is 10.1. The van der Waals surface area contributed by atoms with Crippen molar-refractivity contribution in [3.63, 3.8) is 0 Å². The molecule has 84 valence electrons. The smallest absolute Gasteiger partial charge is 0.306 e. The van der Waals surface area contributed by atoms with Gasteiger partial charge in [-0.3, -0.25) is 9.35 Å². The molecule has 0 aromatic heterocycles. The summed E-state index contributed by atoms with van der Waals surface area (Å²) in [5, 5.41) is -1.03. The molecule has 0 aromatic carbocycles. The lowest BCUT2D eigenvalue weighted by Gasteiger charge is -2.11. The fourth-order valence-electron chi connectivity index (χ4n) is 1.06. The van der Waals surface area contributed by atoms with Crippen molar-refractivity contribution in [1.82, 2.24) is 0 Å². The quantitative estimate of drug-likeness (QED) is 0.537. The second-order valence-electron chi connectivity index (χ2n) is 3.06. The first kappa shape index (κ1) is 13.4. The average Bonchev–Trinajstić information content (AvgIpc) is 2.09. The van der Waals surface area contributed by atoms with Crippen molar-refractivity contribution in [3.8, 4) is 0 Å². The van der Waals surface area contributed by atoms with Crippen LogP contribution in [0.1, 0.15) is 32.6 Å². The lowest BCUT2D eigenvalue weighted by Crippen LogP contribution is -2.24. The van der Waals surface area contributed by atoms with Crippen LogP contribution in [-0.4, -0.2) is 31.3 Å². The summed E-state index contributed by atoms with van der Waals surface area (Å²) in [5.74, 6) is -0.622. The Balaban J connectivity index is 4.34. The molecule has 0 spiro atoms. The van der Waals surface area contributed by atoms with Gasteiger partial charge >= 0.3 is 5.97 Å². The number of unbranched alkanes of at least 4 members (excludes halogenated alkanes) is 1. The Morgan fingerprint density at radius 3 is 2.43 bits per heavy atom. The first-order chi connectivity index (χ1) is 6.41. The molecule has 0 aromatic rings. The molecule has 0 fully saturated rings. The molecule has 0 rings (SSSR count). The molecule has 1 unspecified atom stereocenters. The number of esters is 1. The minimum Gasteiger partial charge on any atom is -0.469 e. The summed E-state index contributed by atoms with van der Waals surface area (Å²) >= 11 is 0. The van der Waals surface area contributed by atoms with Crippen molar-refractivity contribution >= 4 is 16.1 Å². The minimum absolute atomic E-state index is 0.282. The summed E-state index contributed by atoms with van der Waals surface area (Å²) < 4.78 is 34.8. The third kappa shape index (κ3) is 5.18. The molecular formula is C8H16O5S. The SMILES string of the molecule is CCCCC(CC(=O)OC)S(=O)(=O)O. The highest BCUT2D eigenvalue weighted by Gasteiger charge is 2.25.